The maximum atomic E-state index is 13.3. The molecule has 1 aliphatic rings. The van der Waals surface area contributed by atoms with Crippen LogP contribution in [0.5, 0.6) is 0 Å². The van der Waals surface area contributed by atoms with Gasteiger partial charge in [0.2, 0.25) is 0 Å². The third-order valence-corrected chi connectivity index (χ3v) is 8.31. The Labute approximate surface area is 220 Å². The van der Waals surface area contributed by atoms with E-state index in [0.717, 1.165) is 61.5 Å². The van der Waals surface area contributed by atoms with Gasteiger partial charge in [-0.1, -0.05) is 25.0 Å². The summed E-state index contributed by atoms with van der Waals surface area (Å²) in [5, 5.41) is 5.05. The minimum absolute atomic E-state index is 0.215. The molecule has 0 saturated heterocycles. The quantitative estimate of drug-likeness (QED) is 0.227. The third-order valence-electron chi connectivity index (χ3n) is 8.31. The molecule has 1 aliphatic carbocycles. The molecule has 6 heteroatoms. The van der Waals surface area contributed by atoms with Crippen molar-refractivity contribution in [1.82, 2.24) is 4.98 Å². The van der Waals surface area contributed by atoms with Crippen LogP contribution in [-0.4, -0.2) is 4.98 Å². The predicted octanol–water partition coefficient (Wildman–Crippen LogP) is 10.4. The van der Waals surface area contributed by atoms with Crippen LogP contribution >= 0.6 is 0 Å². The van der Waals surface area contributed by atoms with Crippen molar-refractivity contribution in [2.45, 2.75) is 37.8 Å². The van der Waals surface area contributed by atoms with Crippen LogP contribution in [0.15, 0.2) is 87.8 Å². The molecule has 3 aromatic heterocycles. The van der Waals surface area contributed by atoms with Gasteiger partial charge in [-0.15, -0.1) is 0 Å². The molecular formula is C33H22F3NO2. The fourth-order valence-electron chi connectivity index (χ4n) is 6.38. The van der Waals surface area contributed by atoms with Crippen LogP contribution in [0.25, 0.3) is 65.9 Å². The molecule has 0 atom stereocenters. The van der Waals surface area contributed by atoms with E-state index >= 15 is 0 Å². The first kappa shape index (κ1) is 22.6. The highest BCUT2D eigenvalue weighted by Gasteiger charge is 2.31. The van der Waals surface area contributed by atoms with Gasteiger partial charge < -0.3 is 8.83 Å². The number of hydrogen-bond acceptors (Lipinski definition) is 3. The maximum Gasteiger partial charge on any atom is 0.416 e. The molecule has 3 nitrogen and oxygen atoms in total. The SMILES string of the molecule is FC(F)(F)c1ccc2c(c1)oc1c2ccc2c1ccc1c3cccc(-c4cc(C5CCCC5)ccn4)c3oc12. The molecule has 0 N–H and O–H groups in total. The minimum atomic E-state index is -4.43. The topological polar surface area (TPSA) is 39.2 Å². The number of benzene rings is 4. The maximum absolute atomic E-state index is 13.3. The Kier molecular flexibility index (Phi) is 4.70. The lowest BCUT2D eigenvalue weighted by Crippen LogP contribution is -2.03. The lowest BCUT2D eigenvalue weighted by Gasteiger charge is -2.11. The van der Waals surface area contributed by atoms with Crippen LogP contribution in [0.4, 0.5) is 13.2 Å². The molecule has 0 spiro atoms. The van der Waals surface area contributed by atoms with Crippen LogP contribution in [0.2, 0.25) is 0 Å². The van der Waals surface area contributed by atoms with E-state index in [0.29, 0.717) is 16.9 Å². The van der Waals surface area contributed by atoms with E-state index in [2.05, 4.69) is 18.2 Å². The zero-order chi connectivity index (χ0) is 26.3. The Morgan fingerprint density at radius 2 is 1.31 bits per heavy atom. The summed E-state index contributed by atoms with van der Waals surface area (Å²) < 4.78 is 52.5. The van der Waals surface area contributed by atoms with Gasteiger partial charge in [-0.25, -0.2) is 0 Å². The molecule has 0 unspecified atom stereocenters. The van der Waals surface area contributed by atoms with Crippen LogP contribution in [0.3, 0.4) is 0 Å². The number of pyridine rings is 1. The summed E-state index contributed by atoms with van der Waals surface area (Å²) in [5.74, 6) is 0.587. The normalized spacial score (nSPS) is 15.1. The Balaban J connectivity index is 1.34. The fourth-order valence-corrected chi connectivity index (χ4v) is 6.38. The number of aromatic nitrogens is 1. The van der Waals surface area contributed by atoms with Crippen molar-refractivity contribution in [2.75, 3.05) is 0 Å². The van der Waals surface area contributed by atoms with Gasteiger partial charge in [0, 0.05) is 44.1 Å². The zero-order valence-electron chi connectivity index (χ0n) is 20.8. The number of nitrogens with zero attached hydrogens (tertiary/aromatic N) is 1. The standard InChI is InChI=1S/C33H22F3NO2/c34-33(35,36)20-8-9-21-23-10-11-26-25(30(23)38-29(21)17-20)13-12-24-22-6-3-7-27(32(22)39-31(24)26)28-16-19(14-15-37-28)18-4-1-2-5-18/h3,6-18H,1-2,4-5H2. The van der Waals surface area contributed by atoms with E-state index in [1.165, 1.54) is 37.3 Å². The lowest BCUT2D eigenvalue weighted by molar-refractivity contribution is -0.137. The van der Waals surface area contributed by atoms with E-state index in [1.54, 1.807) is 0 Å². The Hall–Kier alpha value is -4.32. The largest absolute Gasteiger partial charge is 0.455 e. The van der Waals surface area contributed by atoms with E-state index in [9.17, 15) is 13.2 Å². The van der Waals surface area contributed by atoms with E-state index in [1.807, 2.05) is 42.6 Å². The molecule has 3 heterocycles. The molecule has 1 fully saturated rings. The zero-order valence-corrected chi connectivity index (χ0v) is 20.8. The number of fused-ring (bicyclic) bond motifs is 9. The van der Waals surface area contributed by atoms with Gasteiger partial charge in [0.25, 0.3) is 0 Å². The first-order valence-electron chi connectivity index (χ1n) is 13.2. The molecule has 192 valence electrons. The molecule has 0 radical (unpaired) electrons. The first-order chi connectivity index (χ1) is 19.0. The van der Waals surface area contributed by atoms with Crippen LogP contribution in [0, 0.1) is 0 Å². The summed E-state index contributed by atoms with van der Waals surface area (Å²) >= 11 is 0. The van der Waals surface area contributed by atoms with Gasteiger partial charge in [0.1, 0.15) is 22.3 Å². The van der Waals surface area contributed by atoms with Crippen molar-refractivity contribution >= 4 is 54.6 Å². The Bertz CT molecular complexity index is 2080. The second kappa shape index (κ2) is 8.09. The van der Waals surface area contributed by atoms with Gasteiger partial charge in [0.15, 0.2) is 0 Å². The van der Waals surface area contributed by atoms with Crippen molar-refractivity contribution in [3.8, 4) is 11.3 Å². The summed E-state index contributed by atoms with van der Waals surface area (Å²) in [5.41, 5.74) is 4.71. The van der Waals surface area contributed by atoms with E-state index in [-0.39, 0.29) is 5.58 Å². The molecule has 0 amide bonds. The van der Waals surface area contributed by atoms with Crippen molar-refractivity contribution < 1.29 is 22.0 Å². The van der Waals surface area contributed by atoms with Gasteiger partial charge in [-0.2, -0.15) is 13.2 Å². The average molecular weight is 522 g/mol. The van der Waals surface area contributed by atoms with Crippen molar-refractivity contribution in [1.29, 1.82) is 0 Å². The highest BCUT2D eigenvalue weighted by molar-refractivity contribution is 6.23. The van der Waals surface area contributed by atoms with Crippen molar-refractivity contribution in [3.05, 3.63) is 90.1 Å². The van der Waals surface area contributed by atoms with Crippen molar-refractivity contribution in [2.24, 2.45) is 0 Å². The van der Waals surface area contributed by atoms with Gasteiger partial charge in [0.05, 0.1) is 11.3 Å². The van der Waals surface area contributed by atoms with E-state index in [4.69, 9.17) is 13.8 Å². The number of furan rings is 2. The molecule has 7 aromatic rings. The second-order valence-corrected chi connectivity index (χ2v) is 10.5. The summed E-state index contributed by atoms with van der Waals surface area (Å²) in [7, 11) is 0. The van der Waals surface area contributed by atoms with Gasteiger partial charge in [-0.05, 0) is 85.0 Å². The number of rotatable bonds is 2. The average Bonchev–Trinajstić information content (AvgIpc) is 3.69. The third kappa shape index (κ3) is 3.40. The molecular weight excluding hydrogens is 499 g/mol. The lowest BCUT2D eigenvalue weighted by atomic mass is 9.96. The first-order valence-corrected chi connectivity index (χ1v) is 13.2. The highest BCUT2D eigenvalue weighted by Crippen LogP contribution is 2.43. The second-order valence-electron chi connectivity index (χ2n) is 10.5. The van der Waals surface area contributed by atoms with Crippen LogP contribution in [0.1, 0.15) is 42.7 Å². The summed E-state index contributed by atoms with van der Waals surface area (Å²) in [6.45, 7) is 0. The minimum Gasteiger partial charge on any atom is -0.455 e. The fraction of sp³-hybridized carbons (Fsp3) is 0.182. The Morgan fingerprint density at radius 3 is 2.03 bits per heavy atom. The molecule has 0 bridgehead atoms. The molecule has 1 saturated carbocycles. The number of hydrogen-bond donors (Lipinski definition) is 0. The Morgan fingerprint density at radius 1 is 0.667 bits per heavy atom. The highest BCUT2D eigenvalue weighted by atomic mass is 19.4. The summed E-state index contributed by atoms with van der Waals surface area (Å²) in [6.07, 6.45) is 2.45. The summed E-state index contributed by atoms with van der Waals surface area (Å²) in [6, 6.07) is 21.9. The van der Waals surface area contributed by atoms with Gasteiger partial charge in [-0.3, -0.25) is 4.98 Å². The predicted molar refractivity (Wildman–Crippen MR) is 148 cm³/mol. The van der Waals surface area contributed by atoms with Crippen molar-refractivity contribution in [3.63, 3.8) is 0 Å². The molecule has 8 rings (SSSR count). The molecule has 4 aromatic carbocycles. The molecule has 0 aliphatic heterocycles. The summed E-state index contributed by atoms with van der Waals surface area (Å²) in [4.78, 5) is 4.70. The smallest absolute Gasteiger partial charge is 0.416 e. The number of alkyl halides is 3. The number of halogens is 3. The van der Waals surface area contributed by atoms with E-state index < -0.39 is 11.7 Å². The van der Waals surface area contributed by atoms with Gasteiger partial charge >= 0.3 is 6.18 Å². The monoisotopic (exact) mass is 521 g/mol. The molecule has 39 heavy (non-hydrogen) atoms. The number of para-hydroxylation sites is 1. The van der Waals surface area contributed by atoms with Crippen LogP contribution < -0.4 is 0 Å². The van der Waals surface area contributed by atoms with Crippen LogP contribution in [-0.2, 0) is 6.18 Å².